The molecule has 0 aromatic carbocycles. The Morgan fingerprint density at radius 3 is 2.50 bits per heavy atom. The number of hydrogen-bond acceptors (Lipinski definition) is 2. The van der Waals surface area contributed by atoms with Crippen LogP contribution in [-0.2, 0) is 9.36 Å². The van der Waals surface area contributed by atoms with E-state index < -0.39 is 13.0 Å². The molecule has 0 aliphatic heterocycles. The highest BCUT2D eigenvalue weighted by Crippen LogP contribution is 2.66. The Morgan fingerprint density at radius 1 is 1.17 bits per heavy atom. The Kier molecular flexibility index (Phi) is 5.24. The maximum atomic E-state index is 13.0. The maximum absolute atomic E-state index is 13.0. The number of allylic oxidation sites excluding steroid dienone is 2. The van der Waals surface area contributed by atoms with Gasteiger partial charge in [0, 0.05) is 28.6 Å². The minimum Gasteiger partial charge on any atom is -0.352 e. The molecule has 0 saturated heterocycles. The Morgan fingerprint density at radius 2 is 1.87 bits per heavy atom. The van der Waals surface area contributed by atoms with Crippen LogP contribution in [0.15, 0.2) is 23.0 Å². The molecule has 6 atom stereocenters. The fourth-order valence-corrected chi connectivity index (χ4v) is 7.89. The number of carbonyl (C=O) groups excluding carboxylic acids is 1. The van der Waals surface area contributed by atoms with E-state index in [1.165, 1.54) is 25.7 Å². The Labute approximate surface area is 180 Å². The fraction of sp³-hybridized carbons (Fsp3) is 0.792. The lowest BCUT2D eigenvalue weighted by molar-refractivity contribution is -0.131. The van der Waals surface area contributed by atoms with Gasteiger partial charge in [0.05, 0.1) is 0 Å². The first-order valence-corrected chi connectivity index (χ1v) is 13.2. The molecule has 0 spiro atoms. The third kappa shape index (κ3) is 3.45. The van der Waals surface area contributed by atoms with Crippen molar-refractivity contribution in [1.82, 2.24) is 5.32 Å². The van der Waals surface area contributed by atoms with Crippen molar-refractivity contribution in [3.05, 3.63) is 23.0 Å². The van der Waals surface area contributed by atoms with Crippen molar-refractivity contribution in [3.63, 3.8) is 0 Å². The molecule has 4 rings (SSSR count). The van der Waals surface area contributed by atoms with Gasteiger partial charge in [-0.2, -0.15) is 0 Å². The second kappa shape index (κ2) is 7.05. The molecular formula is C24H38NO4P. The van der Waals surface area contributed by atoms with Crippen molar-refractivity contribution < 1.29 is 19.1 Å². The van der Waals surface area contributed by atoms with Gasteiger partial charge in [-0.3, -0.25) is 9.36 Å². The summed E-state index contributed by atoms with van der Waals surface area (Å²) in [7, 11) is -4.35. The summed E-state index contributed by atoms with van der Waals surface area (Å²) in [6.45, 7) is 10.4. The second-order valence-electron chi connectivity index (χ2n) is 11.8. The van der Waals surface area contributed by atoms with E-state index in [0.29, 0.717) is 17.3 Å². The molecule has 3 N–H and O–H groups in total. The number of hydrogen-bond donors (Lipinski definition) is 3. The molecule has 2 saturated carbocycles. The molecule has 6 heteroatoms. The molecule has 5 nitrogen and oxygen atoms in total. The molecule has 4 aliphatic carbocycles. The van der Waals surface area contributed by atoms with E-state index in [1.807, 2.05) is 20.8 Å². The average Bonchev–Trinajstić information content (AvgIpc) is 3.02. The van der Waals surface area contributed by atoms with Crippen LogP contribution in [0.4, 0.5) is 0 Å². The van der Waals surface area contributed by atoms with Crippen LogP contribution in [-0.4, -0.2) is 21.7 Å². The summed E-state index contributed by atoms with van der Waals surface area (Å²) >= 11 is 0. The van der Waals surface area contributed by atoms with Gasteiger partial charge in [-0.1, -0.05) is 47.1 Å². The molecule has 0 bridgehead atoms. The van der Waals surface area contributed by atoms with E-state index in [2.05, 4.69) is 25.2 Å². The highest BCUT2D eigenvalue weighted by Gasteiger charge is 2.58. The Balaban J connectivity index is 1.77. The van der Waals surface area contributed by atoms with Gasteiger partial charge in [0.1, 0.15) is 0 Å². The van der Waals surface area contributed by atoms with Crippen LogP contribution in [0, 0.1) is 34.0 Å². The third-order valence-electron chi connectivity index (χ3n) is 9.04. The van der Waals surface area contributed by atoms with E-state index in [9.17, 15) is 19.1 Å². The molecule has 1 amide bonds. The average molecular weight is 436 g/mol. The lowest BCUT2D eigenvalue weighted by Gasteiger charge is -2.58. The van der Waals surface area contributed by atoms with E-state index in [0.717, 1.165) is 24.3 Å². The zero-order valence-corrected chi connectivity index (χ0v) is 20.0. The summed E-state index contributed by atoms with van der Waals surface area (Å²) in [5.74, 6) is 1.70. The number of carbonyl (C=O) groups is 1. The van der Waals surface area contributed by atoms with Gasteiger partial charge in [0.25, 0.3) is 0 Å². The van der Waals surface area contributed by atoms with Crippen molar-refractivity contribution in [2.24, 2.45) is 34.0 Å². The zero-order chi connectivity index (χ0) is 22.1. The SMILES string of the molecule is CC(C)(C)C(=O)NC1CC(P(=O)(O)O)=CC2=CC[C@@H]3[C@@H](CC[C@]4(C)CCC[C@@H]34)[C@]21C. The number of fused-ring (bicyclic) bond motifs is 5. The van der Waals surface area contributed by atoms with E-state index in [-0.39, 0.29) is 29.1 Å². The van der Waals surface area contributed by atoms with Gasteiger partial charge in [0.15, 0.2) is 0 Å². The van der Waals surface area contributed by atoms with E-state index >= 15 is 0 Å². The highest BCUT2D eigenvalue weighted by molar-refractivity contribution is 7.56. The van der Waals surface area contributed by atoms with E-state index in [4.69, 9.17) is 0 Å². The lowest BCUT2D eigenvalue weighted by atomic mass is 9.48. The molecule has 168 valence electrons. The van der Waals surface area contributed by atoms with Gasteiger partial charge in [-0.15, -0.1) is 0 Å². The standard InChI is InChI=1S/C24H38NO4P/c1-22(2,3)21(26)25-20-14-16(30(27,28)29)13-15-8-9-17-18-7-6-11-23(18,4)12-10-19(17)24(15,20)5/h8,13,17-20H,6-7,9-12,14H2,1-5H3,(H,25,26)(H2,27,28,29)/t17-,18-,19+,20?,23-,24-/m0/s1. The number of rotatable bonds is 2. The molecular weight excluding hydrogens is 397 g/mol. The Hall–Kier alpha value is -0.900. The number of nitrogens with one attached hydrogen (secondary N) is 1. The summed E-state index contributed by atoms with van der Waals surface area (Å²) in [4.78, 5) is 32.8. The van der Waals surface area contributed by atoms with Crippen molar-refractivity contribution in [3.8, 4) is 0 Å². The van der Waals surface area contributed by atoms with Crippen LogP contribution in [0.2, 0.25) is 0 Å². The third-order valence-corrected chi connectivity index (χ3v) is 10.1. The summed E-state index contributed by atoms with van der Waals surface area (Å²) in [5.41, 5.74) is 0.629. The van der Waals surface area contributed by atoms with E-state index in [1.54, 1.807) is 6.08 Å². The van der Waals surface area contributed by atoms with Gasteiger partial charge in [0.2, 0.25) is 5.91 Å². The first kappa shape index (κ1) is 22.3. The largest absolute Gasteiger partial charge is 0.352 e. The monoisotopic (exact) mass is 435 g/mol. The minimum atomic E-state index is -4.35. The van der Waals surface area contributed by atoms with Crippen molar-refractivity contribution >= 4 is 13.5 Å². The molecule has 0 aromatic rings. The maximum Gasteiger partial charge on any atom is 0.352 e. The molecule has 0 aromatic heterocycles. The predicted octanol–water partition coefficient (Wildman–Crippen LogP) is 5.15. The van der Waals surface area contributed by atoms with Crippen molar-refractivity contribution in [2.75, 3.05) is 0 Å². The smallest absolute Gasteiger partial charge is 0.352 e. The highest BCUT2D eigenvalue weighted by atomic mass is 31.2. The molecule has 0 radical (unpaired) electrons. The fourth-order valence-electron chi connectivity index (χ4n) is 7.16. The van der Waals surface area contributed by atoms with Gasteiger partial charge in [-0.25, -0.2) is 0 Å². The van der Waals surface area contributed by atoms with Crippen molar-refractivity contribution in [2.45, 2.75) is 85.6 Å². The molecule has 4 aliphatic rings. The van der Waals surface area contributed by atoms with Gasteiger partial charge >= 0.3 is 7.60 Å². The summed E-state index contributed by atoms with van der Waals surface area (Å²) < 4.78 is 12.2. The van der Waals surface area contributed by atoms with Crippen LogP contribution in [0.1, 0.15) is 79.6 Å². The predicted molar refractivity (Wildman–Crippen MR) is 119 cm³/mol. The first-order chi connectivity index (χ1) is 13.8. The molecule has 2 fully saturated rings. The first-order valence-electron chi connectivity index (χ1n) is 11.5. The van der Waals surface area contributed by atoms with Gasteiger partial charge < -0.3 is 15.1 Å². The minimum absolute atomic E-state index is 0.0522. The van der Waals surface area contributed by atoms with Crippen LogP contribution in [0.25, 0.3) is 0 Å². The quantitative estimate of drug-likeness (QED) is 0.524. The molecule has 0 heterocycles. The zero-order valence-electron chi connectivity index (χ0n) is 19.1. The molecule has 1 unspecified atom stereocenters. The number of amides is 1. The Bertz CT molecular complexity index is 850. The topological polar surface area (TPSA) is 86.6 Å². The van der Waals surface area contributed by atoms with Crippen LogP contribution in [0.3, 0.4) is 0 Å². The second-order valence-corrected chi connectivity index (χ2v) is 13.5. The van der Waals surface area contributed by atoms with Gasteiger partial charge in [-0.05, 0) is 66.9 Å². The summed E-state index contributed by atoms with van der Waals surface area (Å²) in [5, 5.41) is 3.40. The normalized spacial score (nSPS) is 41.2. The lowest BCUT2D eigenvalue weighted by Crippen LogP contribution is -2.59. The summed E-state index contributed by atoms with van der Waals surface area (Å²) in [6, 6.07) is -0.290. The van der Waals surface area contributed by atoms with Crippen LogP contribution < -0.4 is 5.32 Å². The van der Waals surface area contributed by atoms with Crippen molar-refractivity contribution in [1.29, 1.82) is 0 Å². The summed E-state index contributed by atoms with van der Waals surface area (Å²) in [6.07, 6.45) is 11.5. The molecule has 30 heavy (non-hydrogen) atoms. The van der Waals surface area contributed by atoms with Crippen LogP contribution in [0.5, 0.6) is 0 Å². The van der Waals surface area contributed by atoms with Crippen LogP contribution >= 0.6 is 7.60 Å².